The number of hydrogen-bond donors (Lipinski definition) is 0. The van der Waals surface area contributed by atoms with Gasteiger partial charge in [0.25, 0.3) is 0 Å². The van der Waals surface area contributed by atoms with E-state index < -0.39 is 0 Å². The van der Waals surface area contributed by atoms with E-state index in [0.29, 0.717) is 12.3 Å². The van der Waals surface area contributed by atoms with Crippen LogP contribution < -0.4 is 0 Å². The highest BCUT2D eigenvalue weighted by Gasteiger charge is 2.54. The van der Waals surface area contributed by atoms with Crippen LogP contribution in [0.1, 0.15) is 120 Å². The van der Waals surface area contributed by atoms with Gasteiger partial charge in [-0.05, 0) is 69.1 Å². The lowest BCUT2D eigenvalue weighted by molar-refractivity contribution is -0.164. The summed E-state index contributed by atoms with van der Waals surface area (Å²) in [5.41, 5.74) is -0.0387. The van der Waals surface area contributed by atoms with E-state index >= 15 is 0 Å². The van der Waals surface area contributed by atoms with Gasteiger partial charge in [-0.1, -0.05) is 48.5 Å². The topological polar surface area (TPSA) is 46.6 Å². The first-order chi connectivity index (χ1) is 14.1. The van der Waals surface area contributed by atoms with Crippen molar-refractivity contribution in [1.29, 1.82) is 0 Å². The van der Waals surface area contributed by atoms with Crippen LogP contribution in [-0.4, -0.2) is 35.5 Å². The van der Waals surface area contributed by atoms with E-state index in [4.69, 9.17) is 4.74 Å². The summed E-state index contributed by atoms with van der Waals surface area (Å²) < 4.78 is 6.05. The summed E-state index contributed by atoms with van der Waals surface area (Å²) >= 11 is 0. The predicted molar refractivity (Wildman–Crippen MR) is 125 cm³/mol. The average Bonchev–Trinajstić information content (AvgIpc) is 3.17. The minimum atomic E-state index is -0.185. The molecule has 1 heterocycles. The van der Waals surface area contributed by atoms with E-state index in [1.807, 2.05) is 0 Å². The van der Waals surface area contributed by atoms with Crippen LogP contribution >= 0.6 is 0 Å². The molecule has 1 amide bonds. The van der Waals surface area contributed by atoms with Crippen LogP contribution in [0.5, 0.6) is 0 Å². The van der Waals surface area contributed by atoms with Gasteiger partial charge in [0, 0.05) is 31.3 Å². The monoisotopic (exact) mass is 423 g/mol. The molecule has 1 aliphatic heterocycles. The fourth-order valence-electron chi connectivity index (χ4n) is 6.55. The molecule has 0 bridgehead atoms. The van der Waals surface area contributed by atoms with Crippen LogP contribution in [0.2, 0.25) is 0 Å². The molecule has 2 atom stereocenters. The van der Waals surface area contributed by atoms with Gasteiger partial charge in [0.2, 0.25) is 5.91 Å². The first-order valence-electron chi connectivity index (χ1n) is 12.5. The molecule has 30 heavy (non-hydrogen) atoms. The molecular weight excluding hydrogens is 374 g/mol. The number of hydrogen-bond acceptors (Lipinski definition) is 3. The van der Waals surface area contributed by atoms with E-state index in [-0.39, 0.29) is 34.4 Å². The Balaban J connectivity index is 3.52. The zero-order valence-corrected chi connectivity index (χ0v) is 21.4. The molecule has 1 rings (SSSR count). The smallest absolute Gasteiger partial charge is 0.302 e. The van der Waals surface area contributed by atoms with Crippen molar-refractivity contribution in [3.63, 3.8) is 0 Å². The maximum atomic E-state index is 12.7. The van der Waals surface area contributed by atoms with Gasteiger partial charge in [0.15, 0.2) is 0 Å². The van der Waals surface area contributed by atoms with Crippen LogP contribution in [-0.2, 0) is 14.3 Å². The van der Waals surface area contributed by atoms with Gasteiger partial charge in [0.05, 0.1) is 0 Å². The van der Waals surface area contributed by atoms with Gasteiger partial charge >= 0.3 is 5.97 Å². The summed E-state index contributed by atoms with van der Waals surface area (Å²) in [7, 11) is 0. The number of likely N-dealkylation sites (tertiary alicyclic amines) is 1. The molecule has 0 aliphatic carbocycles. The van der Waals surface area contributed by atoms with Crippen LogP contribution in [0.3, 0.4) is 0 Å². The highest BCUT2D eigenvalue weighted by Crippen LogP contribution is 2.58. The minimum Gasteiger partial charge on any atom is -0.462 e. The zero-order valence-electron chi connectivity index (χ0n) is 21.4. The predicted octanol–water partition coefficient (Wildman–Crippen LogP) is 6.76. The van der Waals surface area contributed by atoms with Crippen molar-refractivity contribution in [2.45, 2.75) is 132 Å². The molecule has 1 fully saturated rings. The Labute approximate surface area is 186 Å². The fraction of sp³-hybridized carbons (Fsp3) is 0.923. The number of carbonyl (C=O) groups is 2. The van der Waals surface area contributed by atoms with Crippen LogP contribution in [0.4, 0.5) is 0 Å². The number of amides is 1. The molecular formula is C26H49NO3. The highest BCUT2D eigenvalue weighted by molar-refractivity contribution is 5.78. The maximum Gasteiger partial charge on any atom is 0.302 e. The van der Waals surface area contributed by atoms with Gasteiger partial charge in [-0.15, -0.1) is 0 Å². The van der Waals surface area contributed by atoms with Crippen LogP contribution in [0.25, 0.3) is 0 Å². The lowest BCUT2D eigenvalue weighted by Gasteiger charge is -2.57. The van der Waals surface area contributed by atoms with Crippen LogP contribution in [0.15, 0.2) is 0 Å². The Morgan fingerprint density at radius 3 is 1.87 bits per heavy atom. The molecule has 4 nitrogen and oxygen atoms in total. The second kappa shape index (κ2) is 11.0. The van der Waals surface area contributed by atoms with Gasteiger partial charge in [-0.25, -0.2) is 0 Å². The first-order valence-corrected chi connectivity index (χ1v) is 12.5. The molecule has 0 aromatic rings. The zero-order chi connectivity index (χ0) is 23.2. The summed E-state index contributed by atoms with van der Waals surface area (Å²) in [6, 6.07) is 0.190. The Hall–Kier alpha value is -1.06. The van der Waals surface area contributed by atoms with Gasteiger partial charge < -0.3 is 9.64 Å². The molecule has 2 unspecified atom stereocenters. The minimum absolute atomic E-state index is 0.00269. The quantitative estimate of drug-likeness (QED) is 0.307. The van der Waals surface area contributed by atoms with E-state index in [2.05, 4.69) is 60.3 Å². The number of nitrogens with zero attached hydrogens (tertiary/aromatic N) is 1. The Kier molecular flexibility index (Phi) is 9.89. The lowest BCUT2D eigenvalue weighted by Crippen LogP contribution is -2.57. The van der Waals surface area contributed by atoms with Crippen molar-refractivity contribution in [2.24, 2.45) is 16.2 Å². The van der Waals surface area contributed by atoms with Crippen molar-refractivity contribution in [1.82, 2.24) is 4.90 Å². The molecule has 0 saturated carbocycles. The summed E-state index contributed by atoms with van der Waals surface area (Å²) in [6.07, 6.45) is 8.48. The standard InChI is InChI=1S/C26H49NO3/c1-10-24(9,11-2)22(30-21(8)28)19-25(12-3,13-4)26(14-5,15-6)20(7)27-18-16-17-23(27)29/h20,22H,10-19H2,1-9H3. The summed E-state index contributed by atoms with van der Waals surface area (Å²) in [6.45, 7) is 20.5. The molecule has 0 N–H and O–H groups in total. The maximum absolute atomic E-state index is 12.7. The summed E-state index contributed by atoms with van der Waals surface area (Å²) in [5, 5.41) is 0. The fourth-order valence-corrected chi connectivity index (χ4v) is 6.55. The third-order valence-corrected chi connectivity index (χ3v) is 9.33. The molecule has 1 aliphatic rings. The van der Waals surface area contributed by atoms with Crippen molar-refractivity contribution in [3.05, 3.63) is 0 Å². The molecule has 1 saturated heterocycles. The second-order valence-electron chi connectivity index (χ2n) is 9.88. The average molecular weight is 424 g/mol. The number of ether oxygens (including phenoxy) is 1. The van der Waals surface area contributed by atoms with E-state index in [1.54, 1.807) is 0 Å². The Morgan fingerprint density at radius 2 is 1.53 bits per heavy atom. The Morgan fingerprint density at radius 1 is 1.00 bits per heavy atom. The lowest BCUT2D eigenvalue weighted by atomic mass is 9.51. The number of esters is 1. The van der Waals surface area contributed by atoms with Gasteiger partial charge in [0.1, 0.15) is 6.10 Å². The SMILES string of the molecule is CCC(C)(CC)C(CC(CC)(CC)C(CC)(CC)C(C)N1CCCC1=O)OC(C)=O. The molecule has 0 aromatic heterocycles. The number of carbonyl (C=O) groups excluding carboxylic acids is 2. The van der Waals surface area contributed by atoms with E-state index in [0.717, 1.165) is 57.9 Å². The highest BCUT2D eigenvalue weighted by atomic mass is 16.5. The van der Waals surface area contributed by atoms with Crippen molar-refractivity contribution in [2.75, 3.05) is 6.54 Å². The largest absolute Gasteiger partial charge is 0.462 e. The Bertz CT molecular complexity index is 559. The first kappa shape index (κ1) is 27.0. The number of rotatable bonds is 13. The third kappa shape index (κ3) is 4.88. The van der Waals surface area contributed by atoms with Crippen molar-refractivity contribution >= 4 is 11.9 Å². The van der Waals surface area contributed by atoms with E-state index in [9.17, 15) is 9.59 Å². The normalized spacial score (nSPS) is 17.9. The van der Waals surface area contributed by atoms with E-state index in [1.165, 1.54) is 6.92 Å². The van der Waals surface area contributed by atoms with Crippen molar-refractivity contribution < 1.29 is 14.3 Å². The molecule has 0 aromatic carbocycles. The van der Waals surface area contributed by atoms with Crippen LogP contribution in [0, 0.1) is 16.2 Å². The molecule has 0 spiro atoms. The van der Waals surface area contributed by atoms with Gasteiger partial charge in [-0.2, -0.15) is 0 Å². The molecule has 176 valence electrons. The summed E-state index contributed by atoms with van der Waals surface area (Å²) in [4.78, 5) is 26.9. The molecule has 0 radical (unpaired) electrons. The summed E-state index contributed by atoms with van der Waals surface area (Å²) in [5.74, 6) is 0.119. The third-order valence-electron chi connectivity index (χ3n) is 9.33. The molecule has 4 heteroatoms. The van der Waals surface area contributed by atoms with Crippen molar-refractivity contribution in [3.8, 4) is 0 Å². The second-order valence-corrected chi connectivity index (χ2v) is 9.88. The van der Waals surface area contributed by atoms with Gasteiger partial charge in [-0.3, -0.25) is 9.59 Å².